The summed E-state index contributed by atoms with van der Waals surface area (Å²) in [6.45, 7) is 10.5. The minimum atomic E-state index is -0.330. The summed E-state index contributed by atoms with van der Waals surface area (Å²) in [5, 5.41) is 8.48. The zero-order valence-electron chi connectivity index (χ0n) is 24.1. The number of nitrogens with one attached hydrogen (secondary N) is 1. The van der Waals surface area contributed by atoms with Crippen LogP contribution in [-0.2, 0) is 11.3 Å². The molecule has 0 aliphatic carbocycles. The van der Waals surface area contributed by atoms with Crippen molar-refractivity contribution in [2.45, 2.75) is 58.7 Å². The van der Waals surface area contributed by atoms with Gasteiger partial charge in [-0.05, 0) is 57.7 Å². The predicted octanol–water partition coefficient (Wildman–Crippen LogP) is 6.41. The van der Waals surface area contributed by atoms with Gasteiger partial charge in [0.05, 0.1) is 11.4 Å². The summed E-state index contributed by atoms with van der Waals surface area (Å²) >= 11 is 0. The number of aromatic nitrogens is 4. The molecule has 0 saturated carbocycles. The Labute approximate surface area is 240 Å². The Morgan fingerprint density at radius 1 is 1.00 bits per heavy atom. The van der Waals surface area contributed by atoms with Crippen LogP contribution in [0.5, 0.6) is 0 Å². The average Bonchev–Trinajstić information content (AvgIpc) is 3.34. The quantitative estimate of drug-likeness (QED) is 0.273. The van der Waals surface area contributed by atoms with Crippen LogP contribution < -0.4 is 5.32 Å². The second-order valence-corrected chi connectivity index (χ2v) is 11.9. The Bertz CT molecular complexity index is 1680. The van der Waals surface area contributed by atoms with Gasteiger partial charge in [0.15, 0.2) is 11.3 Å². The van der Waals surface area contributed by atoms with Crippen LogP contribution in [0.2, 0.25) is 0 Å². The van der Waals surface area contributed by atoms with Crippen molar-refractivity contribution >= 4 is 22.8 Å². The molecule has 4 heterocycles. The molecule has 1 amide bonds. The molecule has 8 heteroatoms. The molecule has 210 valence electrons. The van der Waals surface area contributed by atoms with Gasteiger partial charge in [0.2, 0.25) is 0 Å². The molecule has 41 heavy (non-hydrogen) atoms. The number of carbonyl (C=O) groups is 1. The van der Waals surface area contributed by atoms with Crippen LogP contribution >= 0.6 is 0 Å². The van der Waals surface area contributed by atoms with Gasteiger partial charge in [-0.15, -0.1) is 0 Å². The smallest absolute Gasteiger partial charge is 0.407 e. The Kier molecular flexibility index (Phi) is 7.17. The summed E-state index contributed by atoms with van der Waals surface area (Å²) < 4.78 is 7.47. The number of hydrogen-bond donors (Lipinski definition) is 1. The SMILES string of the molecule is Cc1cc2ncc3cc(-c4ccccc4)c(-c4ccc(CN5CCC(OC(=O)NC(C)(C)C)CC5)cc4)nc3n2n1. The minimum Gasteiger partial charge on any atom is -0.446 e. The molecule has 0 radical (unpaired) electrons. The number of alkyl carbamates (subject to hydrolysis) is 1. The molecule has 1 N–H and O–H groups in total. The van der Waals surface area contributed by atoms with E-state index in [2.05, 4.69) is 74.9 Å². The summed E-state index contributed by atoms with van der Waals surface area (Å²) in [6.07, 6.45) is 3.19. The third-order valence-electron chi connectivity index (χ3n) is 7.38. The highest BCUT2D eigenvalue weighted by molar-refractivity contribution is 5.90. The molecule has 3 aromatic heterocycles. The van der Waals surface area contributed by atoms with E-state index in [9.17, 15) is 4.79 Å². The zero-order valence-corrected chi connectivity index (χ0v) is 24.1. The van der Waals surface area contributed by atoms with Crippen LogP contribution in [0, 0.1) is 6.92 Å². The molecule has 0 unspecified atom stereocenters. The highest BCUT2D eigenvalue weighted by Crippen LogP contribution is 2.33. The van der Waals surface area contributed by atoms with Crippen molar-refractivity contribution in [1.29, 1.82) is 0 Å². The van der Waals surface area contributed by atoms with Crippen LogP contribution in [0.25, 0.3) is 39.1 Å². The topological polar surface area (TPSA) is 84.7 Å². The first kappa shape index (κ1) is 26.9. The standard InChI is InChI=1S/C33H36N6O2/c1-22-18-29-34-20-26-19-28(24-8-6-5-7-9-24)30(35-31(26)39(29)37-22)25-12-10-23(11-13-25)21-38-16-14-27(15-17-38)41-32(40)36-33(2,3)4/h5-13,18-20,27H,14-17,21H2,1-4H3,(H,36,40). The number of hydrogen-bond acceptors (Lipinski definition) is 6. The number of piperidine rings is 1. The maximum Gasteiger partial charge on any atom is 0.407 e. The van der Waals surface area contributed by atoms with Crippen molar-refractivity contribution in [1.82, 2.24) is 29.8 Å². The summed E-state index contributed by atoms with van der Waals surface area (Å²) in [6, 6.07) is 23.2. The van der Waals surface area contributed by atoms with E-state index in [-0.39, 0.29) is 17.7 Å². The first-order chi connectivity index (χ1) is 19.7. The van der Waals surface area contributed by atoms with Gasteiger partial charge >= 0.3 is 6.09 Å². The van der Waals surface area contributed by atoms with Crippen molar-refractivity contribution < 1.29 is 9.53 Å². The van der Waals surface area contributed by atoms with Crippen molar-refractivity contribution in [3.05, 3.63) is 84.2 Å². The first-order valence-corrected chi connectivity index (χ1v) is 14.2. The Hall–Kier alpha value is -4.30. The normalized spacial score (nSPS) is 14.9. The van der Waals surface area contributed by atoms with Crippen LogP contribution in [0.15, 0.2) is 72.9 Å². The Balaban J connectivity index is 1.21. The van der Waals surface area contributed by atoms with E-state index < -0.39 is 0 Å². The average molecular weight is 549 g/mol. The fraction of sp³-hybridized carbons (Fsp3) is 0.333. The van der Waals surface area contributed by atoms with E-state index in [1.807, 2.05) is 50.5 Å². The lowest BCUT2D eigenvalue weighted by Crippen LogP contribution is -2.44. The predicted molar refractivity (Wildman–Crippen MR) is 162 cm³/mol. The van der Waals surface area contributed by atoms with Gasteiger partial charge < -0.3 is 10.1 Å². The molecular weight excluding hydrogens is 512 g/mol. The summed E-state index contributed by atoms with van der Waals surface area (Å²) in [5.41, 5.74) is 7.60. The molecule has 8 nitrogen and oxygen atoms in total. The lowest BCUT2D eigenvalue weighted by atomic mass is 9.97. The van der Waals surface area contributed by atoms with Crippen molar-refractivity contribution in [2.24, 2.45) is 0 Å². The van der Waals surface area contributed by atoms with Crippen LogP contribution in [0.4, 0.5) is 4.79 Å². The van der Waals surface area contributed by atoms with E-state index in [1.54, 1.807) is 0 Å². The molecule has 0 spiro atoms. The molecular formula is C33H36N6O2. The monoisotopic (exact) mass is 548 g/mol. The lowest BCUT2D eigenvalue weighted by molar-refractivity contribution is 0.0452. The van der Waals surface area contributed by atoms with Gasteiger partial charge in [0.25, 0.3) is 0 Å². The van der Waals surface area contributed by atoms with Crippen molar-refractivity contribution in [3.63, 3.8) is 0 Å². The number of pyridine rings is 1. The van der Waals surface area contributed by atoms with Crippen LogP contribution in [0.1, 0.15) is 44.9 Å². The van der Waals surface area contributed by atoms with Crippen molar-refractivity contribution in [3.8, 4) is 22.4 Å². The number of nitrogens with zero attached hydrogens (tertiary/aromatic N) is 5. The van der Waals surface area contributed by atoms with Gasteiger partial charge in [0.1, 0.15) is 6.10 Å². The molecule has 0 atom stereocenters. The van der Waals surface area contributed by atoms with E-state index in [4.69, 9.17) is 9.72 Å². The number of rotatable bonds is 5. The molecule has 5 aromatic rings. The summed E-state index contributed by atoms with van der Waals surface area (Å²) in [7, 11) is 0. The maximum atomic E-state index is 12.1. The van der Waals surface area contributed by atoms with Crippen LogP contribution in [0.3, 0.4) is 0 Å². The van der Waals surface area contributed by atoms with Crippen LogP contribution in [-0.4, -0.2) is 55.3 Å². The minimum absolute atomic E-state index is 0.0356. The van der Waals surface area contributed by atoms with Gasteiger partial charge in [-0.25, -0.2) is 14.8 Å². The molecule has 6 rings (SSSR count). The largest absolute Gasteiger partial charge is 0.446 e. The summed E-state index contributed by atoms with van der Waals surface area (Å²) in [4.78, 5) is 24.3. The van der Waals surface area contributed by atoms with Gasteiger partial charge in [-0.1, -0.05) is 54.6 Å². The number of amides is 1. The fourth-order valence-electron chi connectivity index (χ4n) is 5.41. The van der Waals surface area contributed by atoms with E-state index in [0.29, 0.717) is 0 Å². The van der Waals surface area contributed by atoms with Crippen molar-refractivity contribution in [2.75, 3.05) is 13.1 Å². The fourth-order valence-corrected chi connectivity index (χ4v) is 5.41. The third-order valence-corrected chi connectivity index (χ3v) is 7.38. The molecule has 1 aliphatic rings. The number of likely N-dealkylation sites (tertiary alicyclic amines) is 1. The highest BCUT2D eigenvalue weighted by atomic mass is 16.6. The Morgan fingerprint density at radius 3 is 2.44 bits per heavy atom. The number of carbonyl (C=O) groups excluding carboxylic acids is 1. The summed E-state index contributed by atoms with van der Waals surface area (Å²) in [5.74, 6) is 0. The molecule has 0 bridgehead atoms. The van der Waals surface area contributed by atoms with E-state index in [0.717, 1.165) is 77.2 Å². The zero-order chi connectivity index (χ0) is 28.6. The van der Waals surface area contributed by atoms with Gasteiger partial charge in [-0.3, -0.25) is 4.90 Å². The van der Waals surface area contributed by atoms with Gasteiger partial charge in [0, 0.05) is 53.9 Å². The van der Waals surface area contributed by atoms with Gasteiger partial charge in [-0.2, -0.15) is 9.61 Å². The number of aryl methyl sites for hydroxylation is 1. The maximum absolute atomic E-state index is 12.1. The van der Waals surface area contributed by atoms with E-state index >= 15 is 0 Å². The number of ether oxygens (including phenoxy) is 1. The lowest BCUT2D eigenvalue weighted by Gasteiger charge is -2.32. The molecule has 1 fully saturated rings. The number of benzene rings is 2. The second-order valence-electron chi connectivity index (χ2n) is 11.9. The molecule has 2 aromatic carbocycles. The number of fused-ring (bicyclic) bond motifs is 3. The molecule has 1 aliphatic heterocycles. The van der Waals surface area contributed by atoms with E-state index in [1.165, 1.54) is 5.56 Å². The first-order valence-electron chi connectivity index (χ1n) is 14.2. The highest BCUT2D eigenvalue weighted by Gasteiger charge is 2.24. The molecule has 1 saturated heterocycles. The Morgan fingerprint density at radius 2 is 1.73 bits per heavy atom. The second kappa shape index (κ2) is 10.9. The third kappa shape index (κ3) is 6.07.